The number of nitrogens with one attached hydrogen (secondary N) is 2. The Balaban J connectivity index is 2.24. The van der Waals surface area contributed by atoms with Crippen molar-refractivity contribution < 1.29 is 0 Å². The smallest absolute Gasteiger partial charge is 0.0340 e. The zero-order chi connectivity index (χ0) is 10.7. The van der Waals surface area contributed by atoms with Gasteiger partial charge in [0.2, 0.25) is 0 Å². The van der Waals surface area contributed by atoms with Crippen LogP contribution in [0, 0.1) is 6.92 Å². The van der Waals surface area contributed by atoms with Gasteiger partial charge in [-0.25, -0.2) is 0 Å². The van der Waals surface area contributed by atoms with Gasteiger partial charge in [-0.3, -0.25) is 0 Å². The molecular weight excluding hydrogens is 184 g/mol. The van der Waals surface area contributed by atoms with Gasteiger partial charge in [0.05, 0.1) is 0 Å². The lowest BCUT2D eigenvalue weighted by Gasteiger charge is -2.25. The molecule has 1 aromatic rings. The molecule has 1 aromatic carbocycles. The number of anilines is 1. The van der Waals surface area contributed by atoms with Gasteiger partial charge in [-0.2, -0.15) is 0 Å². The highest BCUT2D eigenvalue weighted by atomic mass is 14.9. The van der Waals surface area contributed by atoms with E-state index in [-0.39, 0.29) is 0 Å². The Labute approximate surface area is 92.1 Å². The molecule has 2 rings (SSSR count). The molecule has 0 amide bonds. The number of aryl methyl sites for hydroxylation is 1. The normalized spacial score (nSPS) is 17.7. The predicted molar refractivity (Wildman–Crippen MR) is 65.6 cm³/mol. The Kier molecular flexibility index (Phi) is 3.27. The molecule has 0 radical (unpaired) electrons. The maximum atomic E-state index is 3.42. The van der Waals surface area contributed by atoms with Crippen LogP contribution in [-0.4, -0.2) is 20.1 Å². The lowest BCUT2D eigenvalue weighted by atomic mass is 9.87. The van der Waals surface area contributed by atoms with Crippen LogP contribution in [0.5, 0.6) is 0 Å². The molecule has 15 heavy (non-hydrogen) atoms. The molecule has 0 aromatic heterocycles. The van der Waals surface area contributed by atoms with Gasteiger partial charge in [-0.15, -0.1) is 0 Å². The van der Waals surface area contributed by atoms with E-state index in [9.17, 15) is 0 Å². The first-order valence-corrected chi connectivity index (χ1v) is 5.80. The second-order valence-corrected chi connectivity index (χ2v) is 4.35. The Hall–Kier alpha value is -1.02. The molecule has 1 fully saturated rings. The molecule has 82 valence electrons. The lowest BCUT2D eigenvalue weighted by molar-refractivity contribution is 0.459. The Morgan fingerprint density at radius 1 is 1.27 bits per heavy atom. The highest BCUT2D eigenvalue weighted by molar-refractivity contribution is 5.49. The summed E-state index contributed by atoms with van der Waals surface area (Å²) in [6, 6.07) is 6.69. The van der Waals surface area contributed by atoms with Gasteiger partial charge in [0.1, 0.15) is 0 Å². The minimum atomic E-state index is 0.750. The van der Waals surface area contributed by atoms with Crippen LogP contribution in [0.15, 0.2) is 18.2 Å². The summed E-state index contributed by atoms with van der Waals surface area (Å²) in [6.45, 7) is 4.54. The van der Waals surface area contributed by atoms with Crippen molar-refractivity contribution >= 4 is 5.69 Å². The maximum absolute atomic E-state index is 3.42. The van der Waals surface area contributed by atoms with Gasteiger partial charge >= 0.3 is 0 Å². The van der Waals surface area contributed by atoms with Gasteiger partial charge in [0, 0.05) is 12.7 Å². The molecule has 0 unspecified atom stereocenters. The summed E-state index contributed by atoms with van der Waals surface area (Å²) in [7, 11) is 1.98. The summed E-state index contributed by atoms with van der Waals surface area (Å²) in [4.78, 5) is 0. The third-order valence-electron chi connectivity index (χ3n) is 3.35. The fourth-order valence-electron chi connectivity index (χ4n) is 2.37. The molecule has 1 aliphatic heterocycles. The van der Waals surface area contributed by atoms with E-state index in [0.717, 1.165) is 19.0 Å². The fraction of sp³-hybridized carbons (Fsp3) is 0.538. The molecular formula is C13H20N2. The van der Waals surface area contributed by atoms with E-state index in [1.807, 2.05) is 7.05 Å². The quantitative estimate of drug-likeness (QED) is 0.773. The SMILES string of the molecule is CNc1ccc(C)c(C2CCNCC2)c1. The molecule has 0 spiro atoms. The molecule has 1 heterocycles. The molecule has 2 nitrogen and oxygen atoms in total. The zero-order valence-corrected chi connectivity index (χ0v) is 9.64. The minimum absolute atomic E-state index is 0.750. The first-order valence-electron chi connectivity index (χ1n) is 5.80. The number of rotatable bonds is 2. The Morgan fingerprint density at radius 2 is 2.00 bits per heavy atom. The third-order valence-corrected chi connectivity index (χ3v) is 3.35. The number of piperidine rings is 1. The van der Waals surface area contributed by atoms with Gasteiger partial charge in [0.15, 0.2) is 0 Å². The number of hydrogen-bond donors (Lipinski definition) is 2. The fourth-order valence-corrected chi connectivity index (χ4v) is 2.37. The molecule has 2 heteroatoms. The lowest BCUT2D eigenvalue weighted by Crippen LogP contribution is -2.27. The van der Waals surface area contributed by atoms with Crippen LogP contribution < -0.4 is 10.6 Å². The largest absolute Gasteiger partial charge is 0.388 e. The number of hydrogen-bond acceptors (Lipinski definition) is 2. The Morgan fingerprint density at radius 3 is 2.67 bits per heavy atom. The summed E-state index contributed by atoms with van der Waals surface area (Å²) in [5.74, 6) is 0.750. The van der Waals surface area contributed by atoms with Crippen LogP contribution in [0.2, 0.25) is 0 Å². The topological polar surface area (TPSA) is 24.1 Å². The van der Waals surface area contributed by atoms with E-state index in [1.165, 1.54) is 29.7 Å². The van der Waals surface area contributed by atoms with Crippen molar-refractivity contribution in [3.05, 3.63) is 29.3 Å². The van der Waals surface area contributed by atoms with Crippen LogP contribution in [-0.2, 0) is 0 Å². The van der Waals surface area contributed by atoms with Gasteiger partial charge < -0.3 is 10.6 Å². The first-order chi connectivity index (χ1) is 7.31. The van der Waals surface area contributed by atoms with Crippen molar-refractivity contribution in [3.63, 3.8) is 0 Å². The van der Waals surface area contributed by atoms with E-state index in [0.29, 0.717) is 0 Å². The van der Waals surface area contributed by atoms with Crippen molar-refractivity contribution in [3.8, 4) is 0 Å². The molecule has 0 saturated carbocycles. The van der Waals surface area contributed by atoms with Crippen LogP contribution >= 0.6 is 0 Å². The number of benzene rings is 1. The predicted octanol–water partition coefficient (Wildman–Crippen LogP) is 2.50. The molecule has 2 N–H and O–H groups in total. The van der Waals surface area contributed by atoms with Crippen LogP contribution in [0.3, 0.4) is 0 Å². The standard InChI is InChI=1S/C13H20N2/c1-10-3-4-12(14-2)9-13(10)11-5-7-15-8-6-11/h3-4,9,11,14-15H,5-8H2,1-2H3. The van der Waals surface area contributed by atoms with E-state index in [2.05, 4.69) is 35.8 Å². The maximum Gasteiger partial charge on any atom is 0.0340 e. The summed E-state index contributed by atoms with van der Waals surface area (Å²) >= 11 is 0. The summed E-state index contributed by atoms with van der Waals surface area (Å²) < 4.78 is 0. The summed E-state index contributed by atoms with van der Waals surface area (Å²) in [5, 5.41) is 6.63. The summed E-state index contributed by atoms with van der Waals surface area (Å²) in [5.41, 5.74) is 4.19. The van der Waals surface area contributed by atoms with Crippen molar-refractivity contribution in [1.82, 2.24) is 5.32 Å². The highest BCUT2D eigenvalue weighted by Crippen LogP contribution is 2.29. The van der Waals surface area contributed by atoms with Gasteiger partial charge in [0.25, 0.3) is 0 Å². The highest BCUT2D eigenvalue weighted by Gasteiger charge is 2.16. The molecule has 0 aliphatic carbocycles. The van der Waals surface area contributed by atoms with E-state index < -0.39 is 0 Å². The van der Waals surface area contributed by atoms with E-state index in [4.69, 9.17) is 0 Å². The van der Waals surface area contributed by atoms with E-state index >= 15 is 0 Å². The monoisotopic (exact) mass is 204 g/mol. The average Bonchev–Trinajstić information content (AvgIpc) is 2.31. The molecule has 1 aliphatic rings. The third kappa shape index (κ3) is 2.32. The van der Waals surface area contributed by atoms with Crippen molar-refractivity contribution in [2.45, 2.75) is 25.7 Å². The van der Waals surface area contributed by atoms with Crippen molar-refractivity contribution in [2.24, 2.45) is 0 Å². The van der Waals surface area contributed by atoms with E-state index in [1.54, 1.807) is 0 Å². The molecule has 0 bridgehead atoms. The molecule has 1 saturated heterocycles. The second-order valence-electron chi connectivity index (χ2n) is 4.35. The molecule has 0 atom stereocenters. The summed E-state index contributed by atoms with van der Waals surface area (Å²) in [6.07, 6.45) is 2.54. The average molecular weight is 204 g/mol. The van der Waals surface area contributed by atoms with Crippen molar-refractivity contribution in [2.75, 3.05) is 25.5 Å². The Bertz CT molecular complexity index is 327. The van der Waals surface area contributed by atoms with Crippen LogP contribution in [0.1, 0.15) is 29.9 Å². The van der Waals surface area contributed by atoms with Crippen LogP contribution in [0.4, 0.5) is 5.69 Å². The second kappa shape index (κ2) is 4.67. The zero-order valence-electron chi connectivity index (χ0n) is 9.64. The van der Waals surface area contributed by atoms with Crippen LogP contribution in [0.25, 0.3) is 0 Å². The van der Waals surface area contributed by atoms with Gasteiger partial charge in [-0.05, 0) is 62.0 Å². The minimum Gasteiger partial charge on any atom is -0.388 e. The first kappa shape index (κ1) is 10.5. The van der Waals surface area contributed by atoms with Gasteiger partial charge in [-0.1, -0.05) is 6.07 Å². The van der Waals surface area contributed by atoms with Crippen molar-refractivity contribution in [1.29, 1.82) is 0 Å².